The van der Waals surface area contributed by atoms with Gasteiger partial charge in [0, 0.05) is 37.8 Å². The van der Waals surface area contributed by atoms with Gasteiger partial charge in [-0.05, 0) is 37.5 Å². The molecule has 0 N–H and O–H groups in total. The van der Waals surface area contributed by atoms with Crippen LogP contribution in [0, 0.1) is 0 Å². The van der Waals surface area contributed by atoms with E-state index in [4.69, 9.17) is 16.3 Å². The van der Waals surface area contributed by atoms with Gasteiger partial charge in [0.25, 0.3) is 5.91 Å². The quantitative estimate of drug-likeness (QED) is 0.847. The average molecular weight is 337 g/mol. The minimum Gasteiger partial charge on any atom is -0.495 e. The van der Waals surface area contributed by atoms with Gasteiger partial charge in [0.05, 0.1) is 12.1 Å². The van der Waals surface area contributed by atoms with Crippen LogP contribution in [-0.4, -0.2) is 55.0 Å². The number of hydrogen-bond donors (Lipinski definition) is 0. The highest BCUT2D eigenvalue weighted by molar-refractivity contribution is 6.32. The van der Waals surface area contributed by atoms with E-state index in [-0.39, 0.29) is 5.91 Å². The number of nitrogens with zero attached hydrogens (tertiary/aromatic N) is 2. The Morgan fingerprint density at radius 3 is 2.65 bits per heavy atom. The van der Waals surface area contributed by atoms with E-state index in [0.29, 0.717) is 16.3 Å². The number of benzene rings is 1. The van der Waals surface area contributed by atoms with Gasteiger partial charge in [0.15, 0.2) is 0 Å². The summed E-state index contributed by atoms with van der Waals surface area (Å²) in [5.74, 6) is 0.633. The van der Waals surface area contributed by atoms with Gasteiger partial charge in [-0.2, -0.15) is 0 Å². The molecule has 5 heteroatoms. The van der Waals surface area contributed by atoms with Crippen LogP contribution in [0.25, 0.3) is 0 Å². The summed E-state index contributed by atoms with van der Waals surface area (Å²) in [6.45, 7) is 3.73. The van der Waals surface area contributed by atoms with Crippen LogP contribution in [0.3, 0.4) is 0 Å². The highest BCUT2D eigenvalue weighted by Gasteiger charge is 2.26. The lowest BCUT2D eigenvalue weighted by Gasteiger charge is -2.27. The summed E-state index contributed by atoms with van der Waals surface area (Å²) in [6, 6.07) is 5.99. The van der Waals surface area contributed by atoms with E-state index >= 15 is 0 Å². The van der Waals surface area contributed by atoms with E-state index < -0.39 is 0 Å². The highest BCUT2D eigenvalue weighted by Crippen LogP contribution is 2.27. The van der Waals surface area contributed by atoms with Crippen molar-refractivity contribution in [2.75, 3.05) is 33.3 Å². The molecule has 0 radical (unpaired) electrons. The number of methoxy groups -OCH3 is 1. The number of halogens is 1. The number of rotatable bonds is 3. The minimum absolute atomic E-state index is 0.0771. The molecule has 1 aromatic rings. The lowest BCUT2D eigenvalue weighted by Crippen LogP contribution is -2.38. The van der Waals surface area contributed by atoms with Crippen molar-refractivity contribution in [1.82, 2.24) is 9.80 Å². The predicted molar refractivity (Wildman–Crippen MR) is 92.4 cm³/mol. The number of amides is 1. The number of carbonyl (C=O) groups is 1. The van der Waals surface area contributed by atoms with Gasteiger partial charge in [-0.25, -0.2) is 0 Å². The first kappa shape index (κ1) is 16.6. The molecule has 1 aliphatic carbocycles. The van der Waals surface area contributed by atoms with Crippen LogP contribution in [0.5, 0.6) is 5.75 Å². The summed E-state index contributed by atoms with van der Waals surface area (Å²) < 4.78 is 5.22. The van der Waals surface area contributed by atoms with Crippen LogP contribution in [0.1, 0.15) is 42.5 Å². The SMILES string of the molecule is COc1cc(C(=O)N2CCCN(C3CCCC3)CC2)ccc1Cl. The molecule has 0 aromatic heterocycles. The zero-order valence-corrected chi connectivity index (χ0v) is 14.5. The van der Waals surface area contributed by atoms with Crippen molar-refractivity contribution in [3.63, 3.8) is 0 Å². The maximum absolute atomic E-state index is 12.8. The molecule has 1 saturated carbocycles. The normalized spacial score (nSPS) is 20.5. The van der Waals surface area contributed by atoms with Gasteiger partial charge in [0.2, 0.25) is 0 Å². The molecule has 4 nitrogen and oxygen atoms in total. The van der Waals surface area contributed by atoms with Gasteiger partial charge in [-0.15, -0.1) is 0 Å². The molecule has 126 valence electrons. The Morgan fingerprint density at radius 2 is 1.91 bits per heavy atom. The summed E-state index contributed by atoms with van der Waals surface area (Å²) in [5.41, 5.74) is 0.653. The van der Waals surface area contributed by atoms with Crippen molar-refractivity contribution in [3.05, 3.63) is 28.8 Å². The van der Waals surface area contributed by atoms with Crippen LogP contribution < -0.4 is 4.74 Å². The van der Waals surface area contributed by atoms with Crippen LogP contribution >= 0.6 is 11.6 Å². The third-order valence-corrected chi connectivity index (χ3v) is 5.37. The fourth-order valence-electron chi connectivity index (χ4n) is 3.75. The Morgan fingerprint density at radius 1 is 1.13 bits per heavy atom. The molecule has 2 fully saturated rings. The Hall–Kier alpha value is -1.26. The van der Waals surface area contributed by atoms with E-state index in [9.17, 15) is 4.79 Å². The first-order valence-electron chi connectivity index (χ1n) is 8.56. The zero-order valence-electron chi connectivity index (χ0n) is 13.8. The first-order chi connectivity index (χ1) is 11.2. The van der Waals surface area contributed by atoms with Crippen molar-refractivity contribution >= 4 is 17.5 Å². The molecule has 1 heterocycles. The van der Waals surface area contributed by atoms with Crippen molar-refractivity contribution in [1.29, 1.82) is 0 Å². The average Bonchev–Trinajstić information content (AvgIpc) is 2.99. The summed E-state index contributed by atoms with van der Waals surface area (Å²) in [4.78, 5) is 17.3. The van der Waals surface area contributed by atoms with E-state index in [1.165, 1.54) is 25.7 Å². The predicted octanol–water partition coefficient (Wildman–Crippen LogP) is 3.44. The van der Waals surface area contributed by atoms with E-state index in [2.05, 4.69) is 4.90 Å². The Bertz CT molecular complexity index is 558. The van der Waals surface area contributed by atoms with Crippen molar-refractivity contribution in [2.45, 2.75) is 38.1 Å². The lowest BCUT2D eigenvalue weighted by molar-refractivity contribution is 0.0758. The maximum atomic E-state index is 12.8. The second kappa shape index (κ2) is 7.54. The molecule has 0 unspecified atom stereocenters. The third kappa shape index (κ3) is 3.81. The fraction of sp³-hybridized carbons (Fsp3) is 0.611. The molecule has 1 saturated heterocycles. The van der Waals surface area contributed by atoms with Crippen LogP contribution in [0.15, 0.2) is 18.2 Å². The maximum Gasteiger partial charge on any atom is 0.254 e. The standard InChI is InChI=1S/C18H25ClN2O2/c1-23-17-13-14(7-8-16(17)19)18(22)21-10-4-9-20(11-12-21)15-5-2-3-6-15/h7-8,13,15H,2-6,9-12H2,1H3. The Balaban J connectivity index is 1.65. The van der Waals surface area contributed by atoms with Crippen LogP contribution in [-0.2, 0) is 0 Å². The molecular weight excluding hydrogens is 312 g/mol. The fourth-order valence-corrected chi connectivity index (χ4v) is 3.95. The van der Waals surface area contributed by atoms with Crippen LogP contribution in [0.2, 0.25) is 5.02 Å². The topological polar surface area (TPSA) is 32.8 Å². The van der Waals surface area contributed by atoms with Gasteiger partial charge in [0.1, 0.15) is 5.75 Å². The van der Waals surface area contributed by atoms with Crippen molar-refractivity contribution in [3.8, 4) is 5.75 Å². The monoisotopic (exact) mass is 336 g/mol. The minimum atomic E-state index is 0.0771. The summed E-state index contributed by atoms with van der Waals surface area (Å²) in [5, 5.41) is 0.535. The molecule has 0 spiro atoms. The molecule has 3 rings (SSSR count). The third-order valence-electron chi connectivity index (χ3n) is 5.06. The zero-order chi connectivity index (χ0) is 16.2. The number of hydrogen-bond acceptors (Lipinski definition) is 3. The summed E-state index contributed by atoms with van der Waals surface area (Å²) in [6.07, 6.45) is 6.40. The molecule has 1 amide bonds. The molecule has 0 atom stereocenters. The Labute approximate surface area is 143 Å². The lowest BCUT2D eigenvalue weighted by atomic mass is 10.2. The number of ether oxygens (including phenoxy) is 1. The number of carbonyl (C=O) groups excluding carboxylic acids is 1. The van der Waals surface area contributed by atoms with Crippen molar-refractivity contribution < 1.29 is 9.53 Å². The molecule has 23 heavy (non-hydrogen) atoms. The molecule has 1 aliphatic heterocycles. The second-order valence-corrected chi connectivity index (χ2v) is 6.88. The molecular formula is C18H25ClN2O2. The van der Waals surface area contributed by atoms with Gasteiger partial charge >= 0.3 is 0 Å². The molecule has 2 aliphatic rings. The smallest absolute Gasteiger partial charge is 0.254 e. The van der Waals surface area contributed by atoms with Crippen LogP contribution in [0.4, 0.5) is 0 Å². The van der Waals surface area contributed by atoms with E-state index in [0.717, 1.165) is 38.6 Å². The summed E-state index contributed by atoms with van der Waals surface area (Å²) >= 11 is 6.05. The van der Waals surface area contributed by atoms with Gasteiger partial charge in [-0.1, -0.05) is 24.4 Å². The first-order valence-corrected chi connectivity index (χ1v) is 8.93. The van der Waals surface area contributed by atoms with Crippen molar-refractivity contribution in [2.24, 2.45) is 0 Å². The van der Waals surface area contributed by atoms with E-state index in [1.54, 1.807) is 25.3 Å². The van der Waals surface area contributed by atoms with E-state index in [1.807, 2.05) is 4.90 Å². The summed E-state index contributed by atoms with van der Waals surface area (Å²) in [7, 11) is 1.57. The second-order valence-electron chi connectivity index (χ2n) is 6.47. The Kier molecular flexibility index (Phi) is 5.44. The molecule has 0 bridgehead atoms. The van der Waals surface area contributed by atoms with Gasteiger partial charge in [-0.3, -0.25) is 9.69 Å². The largest absolute Gasteiger partial charge is 0.495 e. The van der Waals surface area contributed by atoms with Gasteiger partial charge < -0.3 is 9.64 Å². The highest BCUT2D eigenvalue weighted by atomic mass is 35.5. The molecule has 1 aromatic carbocycles.